The van der Waals surface area contributed by atoms with Crippen molar-refractivity contribution in [2.24, 2.45) is 5.92 Å². The highest BCUT2D eigenvalue weighted by atomic mass is 16.7. The van der Waals surface area contributed by atoms with Crippen LogP contribution >= 0.6 is 0 Å². The van der Waals surface area contributed by atoms with Crippen molar-refractivity contribution in [1.82, 2.24) is 0 Å². The van der Waals surface area contributed by atoms with E-state index >= 15 is 0 Å². The zero-order chi connectivity index (χ0) is 19.4. The SMILES string of the molecule is COC(C)COC(CO)OC(C)CC(O)C(COCC(=O)O)C(C)O. The summed E-state index contributed by atoms with van der Waals surface area (Å²) in [7, 11) is 1.55. The first-order chi connectivity index (χ1) is 11.7. The van der Waals surface area contributed by atoms with Gasteiger partial charge in [-0.05, 0) is 27.2 Å². The van der Waals surface area contributed by atoms with E-state index < -0.39 is 43.1 Å². The van der Waals surface area contributed by atoms with Crippen molar-refractivity contribution in [1.29, 1.82) is 0 Å². The first-order valence-corrected chi connectivity index (χ1v) is 8.27. The molecule has 0 amide bonds. The molecule has 9 nitrogen and oxygen atoms in total. The van der Waals surface area contributed by atoms with Crippen molar-refractivity contribution < 1.29 is 44.2 Å². The Kier molecular flexibility index (Phi) is 13.0. The number of carboxylic acids is 1. The predicted molar refractivity (Wildman–Crippen MR) is 88.1 cm³/mol. The molecule has 0 fully saturated rings. The molecule has 6 atom stereocenters. The van der Waals surface area contributed by atoms with Crippen LogP contribution in [0.15, 0.2) is 0 Å². The van der Waals surface area contributed by atoms with E-state index in [0.29, 0.717) is 0 Å². The molecule has 0 aromatic heterocycles. The molecule has 0 spiro atoms. The number of methoxy groups -OCH3 is 1. The summed E-state index contributed by atoms with van der Waals surface area (Å²) in [4.78, 5) is 10.5. The fourth-order valence-corrected chi connectivity index (χ4v) is 2.13. The predicted octanol–water partition coefficient (Wildman–Crippen LogP) is -0.389. The number of carboxylic acid groups (broad SMARTS) is 1. The molecule has 0 heterocycles. The maximum Gasteiger partial charge on any atom is 0.329 e. The Hall–Kier alpha value is -0.810. The van der Waals surface area contributed by atoms with E-state index in [1.165, 1.54) is 6.92 Å². The highest BCUT2D eigenvalue weighted by molar-refractivity contribution is 5.67. The molecule has 0 aliphatic rings. The number of rotatable bonds is 15. The Morgan fingerprint density at radius 3 is 2.20 bits per heavy atom. The number of aliphatic carboxylic acids is 1. The van der Waals surface area contributed by atoms with E-state index in [-0.39, 0.29) is 32.3 Å². The van der Waals surface area contributed by atoms with E-state index in [4.69, 9.17) is 24.1 Å². The number of carbonyl (C=O) groups is 1. The summed E-state index contributed by atoms with van der Waals surface area (Å²) in [6.45, 7) is 4.31. The van der Waals surface area contributed by atoms with E-state index in [1.54, 1.807) is 14.0 Å². The smallest absolute Gasteiger partial charge is 0.329 e. The van der Waals surface area contributed by atoms with Crippen molar-refractivity contribution in [2.75, 3.05) is 33.5 Å². The van der Waals surface area contributed by atoms with Gasteiger partial charge in [-0.15, -0.1) is 0 Å². The Morgan fingerprint density at radius 1 is 1.08 bits per heavy atom. The molecule has 0 saturated carbocycles. The summed E-state index contributed by atoms with van der Waals surface area (Å²) in [6, 6.07) is 0. The van der Waals surface area contributed by atoms with Gasteiger partial charge in [0.25, 0.3) is 0 Å². The molecule has 0 aromatic rings. The summed E-state index contributed by atoms with van der Waals surface area (Å²) in [5.41, 5.74) is 0. The van der Waals surface area contributed by atoms with Crippen LogP contribution in [0.25, 0.3) is 0 Å². The normalized spacial score (nSPS) is 19.0. The van der Waals surface area contributed by atoms with Crippen molar-refractivity contribution in [3.63, 3.8) is 0 Å². The zero-order valence-electron chi connectivity index (χ0n) is 15.3. The second-order valence-electron chi connectivity index (χ2n) is 6.05. The van der Waals surface area contributed by atoms with Gasteiger partial charge in [0.1, 0.15) is 6.61 Å². The minimum Gasteiger partial charge on any atom is -0.480 e. The van der Waals surface area contributed by atoms with Crippen LogP contribution in [0.3, 0.4) is 0 Å². The third kappa shape index (κ3) is 11.4. The quantitative estimate of drug-likeness (QED) is 0.285. The van der Waals surface area contributed by atoms with Gasteiger partial charge in [0.05, 0.1) is 44.2 Å². The average Bonchev–Trinajstić information content (AvgIpc) is 2.53. The molecule has 0 rings (SSSR count). The van der Waals surface area contributed by atoms with Gasteiger partial charge in [-0.3, -0.25) is 0 Å². The molecular formula is C16H32O9. The molecule has 0 saturated heterocycles. The van der Waals surface area contributed by atoms with Gasteiger partial charge in [-0.2, -0.15) is 0 Å². The Balaban J connectivity index is 4.40. The third-order valence-corrected chi connectivity index (χ3v) is 3.68. The Bertz CT molecular complexity index is 350. The molecule has 0 aliphatic heterocycles. The molecule has 9 heteroatoms. The van der Waals surface area contributed by atoms with Gasteiger partial charge in [-0.25, -0.2) is 4.79 Å². The van der Waals surface area contributed by atoms with Gasteiger partial charge in [0.2, 0.25) is 0 Å². The number of hydrogen-bond donors (Lipinski definition) is 4. The van der Waals surface area contributed by atoms with Gasteiger partial charge in [0, 0.05) is 13.0 Å². The summed E-state index contributed by atoms with van der Waals surface area (Å²) in [5, 5.41) is 37.9. The van der Waals surface area contributed by atoms with Crippen LogP contribution < -0.4 is 0 Å². The second-order valence-corrected chi connectivity index (χ2v) is 6.05. The van der Waals surface area contributed by atoms with Crippen molar-refractivity contribution in [3.05, 3.63) is 0 Å². The minimum atomic E-state index is -1.12. The highest BCUT2D eigenvalue weighted by Gasteiger charge is 2.27. The van der Waals surface area contributed by atoms with Gasteiger partial charge >= 0.3 is 5.97 Å². The van der Waals surface area contributed by atoms with E-state index in [0.717, 1.165) is 0 Å². The van der Waals surface area contributed by atoms with Gasteiger partial charge in [-0.1, -0.05) is 0 Å². The minimum absolute atomic E-state index is 0.0941. The van der Waals surface area contributed by atoms with Crippen LogP contribution in [0.2, 0.25) is 0 Å². The van der Waals surface area contributed by atoms with Crippen LogP contribution in [0.5, 0.6) is 0 Å². The second kappa shape index (κ2) is 13.4. The lowest BCUT2D eigenvalue weighted by Gasteiger charge is -2.29. The molecule has 0 bridgehead atoms. The fourth-order valence-electron chi connectivity index (χ4n) is 2.13. The molecule has 4 N–H and O–H groups in total. The van der Waals surface area contributed by atoms with Crippen molar-refractivity contribution in [2.45, 2.75) is 57.9 Å². The average molecular weight is 368 g/mol. The summed E-state index contributed by atoms with van der Waals surface area (Å²) < 4.78 is 20.9. The van der Waals surface area contributed by atoms with E-state index in [2.05, 4.69) is 0 Å². The summed E-state index contributed by atoms with van der Waals surface area (Å²) >= 11 is 0. The molecule has 150 valence electrons. The summed E-state index contributed by atoms with van der Waals surface area (Å²) in [6.07, 6.45) is -3.17. The Morgan fingerprint density at radius 2 is 1.72 bits per heavy atom. The van der Waals surface area contributed by atoms with Gasteiger partial charge < -0.3 is 39.4 Å². The van der Waals surface area contributed by atoms with Gasteiger partial charge in [0.15, 0.2) is 6.29 Å². The number of hydrogen-bond acceptors (Lipinski definition) is 8. The lowest BCUT2D eigenvalue weighted by molar-refractivity contribution is -0.201. The van der Waals surface area contributed by atoms with E-state index in [9.17, 15) is 20.1 Å². The van der Waals surface area contributed by atoms with E-state index in [1.807, 2.05) is 6.92 Å². The number of aliphatic hydroxyl groups excluding tert-OH is 3. The fraction of sp³-hybridized carbons (Fsp3) is 0.938. The van der Waals surface area contributed by atoms with Crippen LogP contribution in [-0.2, 0) is 23.7 Å². The maximum absolute atomic E-state index is 10.5. The molecule has 25 heavy (non-hydrogen) atoms. The zero-order valence-corrected chi connectivity index (χ0v) is 15.3. The molecule has 6 unspecified atom stereocenters. The Labute approximate surface area is 148 Å². The van der Waals surface area contributed by atoms with Crippen LogP contribution in [0, 0.1) is 5.92 Å². The number of aliphatic hydroxyl groups is 3. The molecule has 0 aliphatic carbocycles. The van der Waals surface area contributed by atoms with Crippen LogP contribution in [-0.4, -0.2) is 90.6 Å². The third-order valence-electron chi connectivity index (χ3n) is 3.68. The lowest BCUT2D eigenvalue weighted by Crippen LogP contribution is -2.38. The number of ether oxygens (including phenoxy) is 4. The lowest BCUT2D eigenvalue weighted by atomic mass is 9.94. The van der Waals surface area contributed by atoms with Crippen LogP contribution in [0.4, 0.5) is 0 Å². The molecular weight excluding hydrogens is 336 g/mol. The highest BCUT2D eigenvalue weighted by Crippen LogP contribution is 2.17. The van der Waals surface area contributed by atoms with Crippen molar-refractivity contribution >= 4 is 5.97 Å². The summed E-state index contributed by atoms with van der Waals surface area (Å²) in [5.74, 6) is -1.78. The standard InChI is InChI=1S/C16H32O9/c1-10(25-16(6-17)24-7-11(2)22-4)5-14(19)13(12(3)18)8-23-9-15(20)21/h10-14,16-19H,5-9H2,1-4H3,(H,20,21). The largest absolute Gasteiger partial charge is 0.480 e. The van der Waals surface area contributed by atoms with Crippen molar-refractivity contribution in [3.8, 4) is 0 Å². The molecule has 0 aromatic carbocycles. The first-order valence-electron chi connectivity index (χ1n) is 8.27. The van der Waals surface area contributed by atoms with Crippen LogP contribution in [0.1, 0.15) is 27.2 Å². The maximum atomic E-state index is 10.5. The molecule has 0 radical (unpaired) electrons. The first kappa shape index (κ1) is 24.2. The topological polar surface area (TPSA) is 135 Å². The monoisotopic (exact) mass is 368 g/mol.